The van der Waals surface area contributed by atoms with Crippen molar-refractivity contribution >= 4 is 29.0 Å². The third kappa shape index (κ3) is 2.89. The van der Waals surface area contributed by atoms with E-state index in [4.69, 9.17) is 23.2 Å². The van der Waals surface area contributed by atoms with Crippen LogP contribution < -0.4 is 0 Å². The van der Waals surface area contributed by atoms with Gasteiger partial charge in [0, 0.05) is 17.0 Å². The average molecular weight is 283 g/mol. The van der Waals surface area contributed by atoms with Gasteiger partial charge < -0.3 is 0 Å². The van der Waals surface area contributed by atoms with E-state index in [0.717, 1.165) is 0 Å². The highest BCUT2D eigenvalue weighted by Crippen LogP contribution is 2.21. The Morgan fingerprint density at radius 2 is 1.72 bits per heavy atom. The molecule has 0 aliphatic carbocycles. The van der Waals surface area contributed by atoms with Crippen LogP contribution in [-0.4, -0.2) is 5.78 Å². The van der Waals surface area contributed by atoms with Crippen LogP contribution in [0.4, 0.5) is 4.39 Å². The van der Waals surface area contributed by atoms with E-state index >= 15 is 0 Å². The van der Waals surface area contributed by atoms with Crippen LogP contribution in [-0.2, 0) is 6.42 Å². The van der Waals surface area contributed by atoms with Gasteiger partial charge in [0.1, 0.15) is 5.82 Å². The predicted octanol–water partition coefficient (Wildman–Crippen LogP) is 4.56. The summed E-state index contributed by atoms with van der Waals surface area (Å²) in [7, 11) is 0. The van der Waals surface area contributed by atoms with Gasteiger partial charge in [-0.2, -0.15) is 0 Å². The Morgan fingerprint density at radius 3 is 2.39 bits per heavy atom. The molecule has 2 rings (SSSR count). The Labute approximate surface area is 114 Å². The zero-order chi connectivity index (χ0) is 13.1. The van der Waals surface area contributed by atoms with Gasteiger partial charge in [-0.25, -0.2) is 4.39 Å². The lowest BCUT2D eigenvalue weighted by Gasteiger charge is -2.04. The smallest absolute Gasteiger partial charge is 0.167 e. The maximum absolute atomic E-state index is 13.2. The van der Waals surface area contributed by atoms with E-state index in [1.54, 1.807) is 30.3 Å². The summed E-state index contributed by atoms with van der Waals surface area (Å²) in [4.78, 5) is 12.0. The number of carbonyl (C=O) groups excluding carboxylic acids is 1. The molecule has 2 aromatic carbocycles. The molecule has 0 unspecified atom stereocenters. The Kier molecular flexibility index (Phi) is 4.00. The SMILES string of the molecule is O=C(Cc1cccc(F)c1Cl)c1ccc(Cl)cc1. The summed E-state index contributed by atoms with van der Waals surface area (Å²) < 4.78 is 13.2. The van der Waals surface area contributed by atoms with E-state index in [9.17, 15) is 9.18 Å². The Balaban J connectivity index is 2.21. The zero-order valence-electron chi connectivity index (χ0n) is 9.29. The van der Waals surface area contributed by atoms with E-state index in [-0.39, 0.29) is 17.2 Å². The lowest BCUT2D eigenvalue weighted by Crippen LogP contribution is -2.04. The molecule has 0 amide bonds. The van der Waals surface area contributed by atoms with Crippen molar-refractivity contribution in [2.75, 3.05) is 0 Å². The van der Waals surface area contributed by atoms with Crippen molar-refractivity contribution in [2.24, 2.45) is 0 Å². The van der Waals surface area contributed by atoms with Gasteiger partial charge in [0.2, 0.25) is 0 Å². The summed E-state index contributed by atoms with van der Waals surface area (Å²) in [5, 5.41) is 0.565. The van der Waals surface area contributed by atoms with Crippen LogP contribution in [0.1, 0.15) is 15.9 Å². The van der Waals surface area contributed by atoms with Gasteiger partial charge >= 0.3 is 0 Å². The molecule has 0 aliphatic rings. The standard InChI is InChI=1S/C14H9Cl2FO/c15-11-6-4-9(5-7-11)13(18)8-10-2-1-3-12(17)14(10)16/h1-7H,8H2. The van der Waals surface area contributed by atoms with Crippen LogP contribution in [0.25, 0.3) is 0 Å². The second-order valence-electron chi connectivity index (χ2n) is 3.82. The van der Waals surface area contributed by atoms with Crippen molar-refractivity contribution in [1.29, 1.82) is 0 Å². The van der Waals surface area contributed by atoms with Gasteiger partial charge in [-0.1, -0.05) is 35.3 Å². The van der Waals surface area contributed by atoms with E-state index in [1.807, 2.05) is 0 Å². The van der Waals surface area contributed by atoms with E-state index in [0.29, 0.717) is 16.1 Å². The van der Waals surface area contributed by atoms with Crippen molar-refractivity contribution < 1.29 is 9.18 Å². The zero-order valence-corrected chi connectivity index (χ0v) is 10.8. The summed E-state index contributed by atoms with van der Waals surface area (Å²) in [5.74, 6) is -0.641. The maximum atomic E-state index is 13.2. The first-order valence-corrected chi connectivity index (χ1v) is 6.05. The highest BCUT2D eigenvalue weighted by molar-refractivity contribution is 6.32. The normalized spacial score (nSPS) is 10.4. The summed E-state index contributed by atoms with van der Waals surface area (Å²) in [6.07, 6.45) is 0.0677. The average Bonchev–Trinajstić information content (AvgIpc) is 2.36. The molecular weight excluding hydrogens is 274 g/mol. The summed E-state index contributed by atoms with van der Waals surface area (Å²) in [5.41, 5.74) is 1.01. The Bertz CT molecular complexity index is 579. The molecule has 0 aliphatic heterocycles. The van der Waals surface area contributed by atoms with Crippen LogP contribution in [0.5, 0.6) is 0 Å². The molecule has 1 nitrogen and oxygen atoms in total. The number of hydrogen-bond donors (Lipinski definition) is 0. The van der Waals surface area contributed by atoms with E-state index in [1.165, 1.54) is 12.1 Å². The highest BCUT2D eigenvalue weighted by atomic mass is 35.5. The van der Waals surface area contributed by atoms with E-state index in [2.05, 4.69) is 0 Å². The molecule has 0 saturated carbocycles. The maximum Gasteiger partial charge on any atom is 0.167 e. The molecule has 4 heteroatoms. The van der Waals surface area contributed by atoms with Gasteiger partial charge in [-0.05, 0) is 35.9 Å². The highest BCUT2D eigenvalue weighted by Gasteiger charge is 2.11. The van der Waals surface area contributed by atoms with Crippen LogP contribution >= 0.6 is 23.2 Å². The third-order valence-electron chi connectivity index (χ3n) is 2.55. The first kappa shape index (κ1) is 13.1. The van der Waals surface area contributed by atoms with Crippen LogP contribution in [0.2, 0.25) is 10.0 Å². The quantitative estimate of drug-likeness (QED) is 0.755. The molecular formula is C14H9Cl2FO. The molecule has 0 bridgehead atoms. The fourth-order valence-electron chi connectivity index (χ4n) is 1.60. The summed E-state index contributed by atoms with van der Waals surface area (Å²) in [6.45, 7) is 0. The number of hydrogen-bond acceptors (Lipinski definition) is 1. The Hall–Kier alpha value is -1.38. The van der Waals surface area contributed by atoms with Crippen molar-refractivity contribution in [1.82, 2.24) is 0 Å². The second-order valence-corrected chi connectivity index (χ2v) is 4.63. The number of ketones is 1. The van der Waals surface area contributed by atoms with Gasteiger partial charge in [-0.15, -0.1) is 0 Å². The van der Waals surface area contributed by atoms with Crippen LogP contribution in [0.3, 0.4) is 0 Å². The van der Waals surface area contributed by atoms with Crippen LogP contribution in [0.15, 0.2) is 42.5 Å². The summed E-state index contributed by atoms with van der Waals surface area (Å²) in [6, 6.07) is 11.0. The molecule has 92 valence electrons. The predicted molar refractivity (Wildman–Crippen MR) is 70.9 cm³/mol. The molecule has 2 aromatic rings. The molecule has 0 fully saturated rings. The van der Waals surface area contributed by atoms with E-state index < -0.39 is 5.82 Å². The second kappa shape index (κ2) is 5.51. The third-order valence-corrected chi connectivity index (χ3v) is 3.22. The van der Waals surface area contributed by atoms with Gasteiger partial charge in [-0.3, -0.25) is 4.79 Å². The van der Waals surface area contributed by atoms with Crippen molar-refractivity contribution in [2.45, 2.75) is 6.42 Å². The van der Waals surface area contributed by atoms with Gasteiger partial charge in [0.05, 0.1) is 5.02 Å². The molecule has 0 radical (unpaired) electrons. The molecule has 0 saturated heterocycles. The minimum atomic E-state index is -0.516. The number of rotatable bonds is 3. The molecule has 0 spiro atoms. The van der Waals surface area contributed by atoms with Gasteiger partial charge in [0.25, 0.3) is 0 Å². The van der Waals surface area contributed by atoms with Crippen molar-refractivity contribution in [3.63, 3.8) is 0 Å². The molecule has 0 aromatic heterocycles. The number of carbonyl (C=O) groups is 1. The molecule has 0 heterocycles. The Morgan fingerprint density at radius 1 is 1.06 bits per heavy atom. The first-order valence-electron chi connectivity index (χ1n) is 5.29. The van der Waals surface area contributed by atoms with Crippen molar-refractivity contribution in [3.05, 3.63) is 69.5 Å². The number of Topliss-reactive ketones (excluding diaryl/α,β-unsaturated/α-hetero) is 1. The minimum absolute atomic E-state index is 0.000173. The lowest BCUT2D eigenvalue weighted by molar-refractivity contribution is 0.0993. The minimum Gasteiger partial charge on any atom is -0.294 e. The molecule has 18 heavy (non-hydrogen) atoms. The fourth-order valence-corrected chi connectivity index (χ4v) is 1.91. The first-order chi connectivity index (χ1) is 8.58. The summed E-state index contributed by atoms with van der Waals surface area (Å²) >= 11 is 11.5. The van der Waals surface area contributed by atoms with Crippen LogP contribution in [0, 0.1) is 5.82 Å². The van der Waals surface area contributed by atoms with Gasteiger partial charge in [0.15, 0.2) is 5.78 Å². The lowest BCUT2D eigenvalue weighted by atomic mass is 10.0. The molecule has 0 N–H and O–H groups in total. The largest absolute Gasteiger partial charge is 0.294 e. The number of halogens is 3. The molecule has 0 atom stereocenters. The fraction of sp³-hybridized carbons (Fsp3) is 0.0714. The topological polar surface area (TPSA) is 17.1 Å². The monoisotopic (exact) mass is 282 g/mol. The van der Waals surface area contributed by atoms with Crippen molar-refractivity contribution in [3.8, 4) is 0 Å². The number of benzene rings is 2.